The minimum absolute atomic E-state index is 0.0305. The second-order valence-electron chi connectivity index (χ2n) is 7.15. The van der Waals surface area contributed by atoms with Crippen LogP contribution >= 0.6 is 0 Å². The van der Waals surface area contributed by atoms with Gasteiger partial charge in [0, 0.05) is 11.9 Å². The van der Waals surface area contributed by atoms with E-state index >= 15 is 0 Å². The Labute approximate surface area is 169 Å². The van der Waals surface area contributed by atoms with Crippen LogP contribution in [-0.2, 0) is 11.3 Å². The second kappa shape index (κ2) is 8.87. The number of fused-ring (bicyclic) bond motifs is 1. The maximum Gasteiger partial charge on any atom is 0.275 e. The highest BCUT2D eigenvalue weighted by Crippen LogP contribution is 2.22. The van der Waals surface area contributed by atoms with E-state index in [9.17, 15) is 9.59 Å². The lowest BCUT2D eigenvalue weighted by Crippen LogP contribution is -2.38. The maximum atomic E-state index is 12.7. The zero-order chi connectivity index (χ0) is 21.0. The number of aromatic nitrogens is 2. The molecule has 7 heteroatoms. The van der Waals surface area contributed by atoms with Gasteiger partial charge in [0.1, 0.15) is 12.3 Å². The van der Waals surface area contributed by atoms with Gasteiger partial charge in [-0.25, -0.2) is 4.68 Å². The van der Waals surface area contributed by atoms with Crippen LogP contribution in [0, 0.1) is 6.92 Å². The topological polar surface area (TPSA) is 76.5 Å². The number of carbonyl (C=O) groups excluding carboxylic acids is 1. The molecule has 2 aromatic carbocycles. The summed E-state index contributed by atoms with van der Waals surface area (Å²) < 4.78 is 6.52. The summed E-state index contributed by atoms with van der Waals surface area (Å²) in [7, 11) is 5.53. The molecule has 1 aromatic heterocycles. The van der Waals surface area contributed by atoms with Crippen molar-refractivity contribution < 1.29 is 9.53 Å². The number of amides is 1. The lowest BCUT2D eigenvalue weighted by atomic mass is 10.1. The van der Waals surface area contributed by atoms with Crippen LogP contribution in [0.5, 0.6) is 5.75 Å². The van der Waals surface area contributed by atoms with Gasteiger partial charge < -0.3 is 15.0 Å². The highest BCUT2D eigenvalue weighted by Gasteiger charge is 2.17. The van der Waals surface area contributed by atoms with Crippen molar-refractivity contribution in [3.63, 3.8) is 0 Å². The van der Waals surface area contributed by atoms with Crippen molar-refractivity contribution in [2.24, 2.45) is 0 Å². The van der Waals surface area contributed by atoms with E-state index in [1.54, 1.807) is 13.2 Å². The highest BCUT2D eigenvalue weighted by molar-refractivity contribution is 5.83. The van der Waals surface area contributed by atoms with Gasteiger partial charge in [-0.1, -0.05) is 30.3 Å². The van der Waals surface area contributed by atoms with Gasteiger partial charge in [0.05, 0.1) is 24.2 Å². The van der Waals surface area contributed by atoms with Crippen LogP contribution in [0.3, 0.4) is 0 Å². The largest absolute Gasteiger partial charge is 0.497 e. The number of benzene rings is 2. The quantitative estimate of drug-likeness (QED) is 0.664. The van der Waals surface area contributed by atoms with Crippen molar-refractivity contribution in [3.05, 3.63) is 70.1 Å². The SMILES string of the molecule is COc1cccc([C@@H](CNC(=O)Cn2nc(C)c3ccccc3c2=O)N(C)C)c1. The van der Waals surface area contributed by atoms with Crippen LogP contribution < -0.4 is 15.6 Å². The average Bonchev–Trinajstić information content (AvgIpc) is 2.72. The molecular formula is C22H26N4O3. The van der Waals surface area contributed by atoms with E-state index in [-0.39, 0.29) is 24.1 Å². The molecule has 1 amide bonds. The zero-order valence-electron chi connectivity index (χ0n) is 17.2. The van der Waals surface area contributed by atoms with E-state index in [1.165, 1.54) is 4.68 Å². The van der Waals surface area contributed by atoms with Gasteiger partial charge in [0.25, 0.3) is 5.56 Å². The molecule has 0 fully saturated rings. The third kappa shape index (κ3) is 4.63. The summed E-state index contributed by atoms with van der Waals surface area (Å²) in [4.78, 5) is 27.2. The first-order chi connectivity index (χ1) is 13.9. The van der Waals surface area contributed by atoms with E-state index in [2.05, 4.69) is 10.4 Å². The van der Waals surface area contributed by atoms with Gasteiger partial charge in [0.15, 0.2) is 0 Å². The Morgan fingerprint density at radius 1 is 1.17 bits per heavy atom. The number of ether oxygens (including phenoxy) is 1. The fourth-order valence-corrected chi connectivity index (χ4v) is 3.36. The fourth-order valence-electron chi connectivity index (χ4n) is 3.36. The van der Waals surface area contributed by atoms with Crippen molar-refractivity contribution >= 4 is 16.7 Å². The van der Waals surface area contributed by atoms with Gasteiger partial charge in [-0.2, -0.15) is 5.10 Å². The summed E-state index contributed by atoms with van der Waals surface area (Å²) in [5.74, 6) is 0.507. The lowest BCUT2D eigenvalue weighted by Gasteiger charge is -2.25. The minimum atomic E-state index is -0.265. The first-order valence-electron chi connectivity index (χ1n) is 9.44. The Bertz CT molecular complexity index is 1080. The molecule has 1 heterocycles. The summed E-state index contributed by atoms with van der Waals surface area (Å²) in [6.07, 6.45) is 0. The summed E-state index contributed by atoms with van der Waals surface area (Å²) in [6, 6.07) is 15.0. The number of hydrogen-bond donors (Lipinski definition) is 1. The smallest absolute Gasteiger partial charge is 0.275 e. The molecule has 3 aromatic rings. The lowest BCUT2D eigenvalue weighted by molar-refractivity contribution is -0.122. The molecule has 0 bridgehead atoms. The highest BCUT2D eigenvalue weighted by atomic mass is 16.5. The number of methoxy groups -OCH3 is 1. The molecule has 0 aliphatic carbocycles. The number of rotatable bonds is 7. The average molecular weight is 394 g/mol. The predicted octanol–water partition coefficient (Wildman–Crippen LogP) is 2.13. The molecule has 7 nitrogen and oxygen atoms in total. The Kier molecular flexibility index (Phi) is 6.29. The monoisotopic (exact) mass is 394 g/mol. The molecule has 3 rings (SSSR count). The molecule has 0 spiro atoms. The van der Waals surface area contributed by atoms with Crippen LogP contribution in [0.25, 0.3) is 10.8 Å². The van der Waals surface area contributed by atoms with Crippen LogP contribution in [0.4, 0.5) is 0 Å². The van der Waals surface area contributed by atoms with E-state index < -0.39 is 0 Å². The Morgan fingerprint density at radius 3 is 2.59 bits per heavy atom. The van der Waals surface area contributed by atoms with Crippen LogP contribution in [0.2, 0.25) is 0 Å². The molecule has 0 saturated carbocycles. The Morgan fingerprint density at radius 2 is 1.90 bits per heavy atom. The van der Waals surface area contributed by atoms with Crippen molar-refractivity contribution in [2.45, 2.75) is 19.5 Å². The zero-order valence-corrected chi connectivity index (χ0v) is 17.2. The molecular weight excluding hydrogens is 368 g/mol. The number of nitrogens with zero attached hydrogens (tertiary/aromatic N) is 3. The standard InChI is InChI=1S/C22H26N4O3/c1-15-18-10-5-6-11-19(18)22(28)26(24-15)14-21(27)23-13-20(25(2)3)16-8-7-9-17(12-16)29-4/h5-12,20H,13-14H2,1-4H3,(H,23,27)/t20-/m1/s1. The fraction of sp³-hybridized carbons (Fsp3) is 0.318. The summed E-state index contributed by atoms with van der Waals surface area (Å²) in [6.45, 7) is 2.12. The molecule has 0 radical (unpaired) electrons. The Balaban J connectivity index is 1.74. The molecule has 0 saturated heterocycles. The van der Waals surface area contributed by atoms with E-state index in [1.807, 2.05) is 68.4 Å². The minimum Gasteiger partial charge on any atom is -0.497 e. The molecule has 0 aliphatic heterocycles. The first-order valence-corrected chi connectivity index (χ1v) is 9.44. The summed E-state index contributed by atoms with van der Waals surface area (Å²) in [5, 5.41) is 8.59. The van der Waals surface area contributed by atoms with Crippen LogP contribution in [0.1, 0.15) is 17.3 Å². The van der Waals surface area contributed by atoms with Gasteiger partial charge in [-0.3, -0.25) is 9.59 Å². The predicted molar refractivity (Wildman–Crippen MR) is 113 cm³/mol. The summed E-state index contributed by atoms with van der Waals surface area (Å²) in [5.41, 5.74) is 1.49. The third-order valence-electron chi connectivity index (χ3n) is 4.94. The van der Waals surface area contributed by atoms with Gasteiger partial charge in [0.2, 0.25) is 5.91 Å². The molecule has 0 aliphatic rings. The van der Waals surface area contributed by atoms with Crippen molar-refractivity contribution in [2.75, 3.05) is 27.7 Å². The van der Waals surface area contributed by atoms with Crippen molar-refractivity contribution in [1.29, 1.82) is 0 Å². The van der Waals surface area contributed by atoms with E-state index in [0.29, 0.717) is 11.9 Å². The molecule has 0 unspecified atom stereocenters. The van der Waals surface area contributed by atoms with Gasteiger partial charge >= 0.3 is 0 Å². The van der Waals surface area contributed by atoms with Crippen LogP contribution in [-0.4, -0.2) is 48.3 Å². The molecule has 29 heavy (non-hydrogen) atoms. The number of carbonyl (C=O) groups is 1. The first kappa shape index (κ1) is 20.5. The van der Waals surface area contributed by atoms with Crippen LogP contribution in [0.15, 0.2) is 53.3 Å². The number of aryl methyl sites for hydroxylation is 1. The molecule has 1 N–H and O–H groups in total. The van der Waals surface area contributed by atoms with Crippen molar-refractivity contribution in [3.8, 4) is 5.75 Å². The van der Waals surface area contributed by atoms with E-state index in [4.69, 9.17) is 4.74 Å². The molecule has 1 atom stereocenters. The third-order valence-corrected chi connectivity index (χ3v) is 4.94. The molecule has 152 valence electrons. The van der Waals surface area contributed by atoms with E-state index in [0.717, 1.165) is 22.4 Å². The van der Waals surface area contributed by atoms with Crippen molar-refractivity contribution in [1.82, 2.24) is 20.0 Å². The number of likely N-dealkylation sites (N-methyl/N-ethyl adjacent to an activating group) is 1. The van der Waals surface area contributed by atoms with Gasteiger partial charge in [-0.05, 0) is 44.8 Å². The normalized spacial score (nSPS) is 12.2. The van der Waals surface area contributed by atoms with Gasteiger partial charge in [-0.15, -0.1) is 0 Å². The Hall–Kier alpha value is -3.19. The number of hydrogen-bond acceptors (Lipinski definition) is 5. The maximum absolute atomic E-state index is 12.7. The number of nitrogens with one attached hydrogen (secondary N) is 1. The second-order valence-corrected chi connectivity index (χ2v) is 7.15. The summed E-state index contributed by atoms with van der Waals surface area (Å²) >= 11 is 0.